The molecule has 0 bridgehead atoms. The summed E-state index contributed by atoms with van der Waals surface area (Å²) in [6.07, 6.45) is 0. The van der Waals surface area contributed by atoms with Crippen LogP contribution in [0, 0.1) is 0 Å². The zero-order valence-electron chi connectivity index (χ0n) is 16.6. The molecule has 8 nitrogen and oxygen atoms in total. The average Bonchev–Trinajstić information content (AvgIpc) is 2.75. The first-order valence-electron chi connectivity index (χ1n) is 8.98. The fraction of sp³-hybridized carbons (Fsp3) is 0.0476. The smallest absolute Gasteiger partial charge is 0.263 e. The molecule has 0 aliphatic carbocycles. The molecule has 4 N–H and O–H groups in total. The number of halogens is 2. The number of carbonyl (C=O) groups is 2. The lowest BCUT2D eigenvalue weighted by atomic mass is 10.1. The molecule has 32 heavy (non-hydrogen) atoms. The quantitative estimate of drug-likeness (QED) is 0.455. The van der Waals surface area contributed by atoms with Gasteiger partial charge in [0, 0.05) is 21.8 Å². The van der Waals surface area contributed by atoms with E-state index in [1.165, 1.54) is 67.8 Å². The van der Waals surface area contributed by atoms with Crippen LogP contribution in [0.3, 0.4) is 0 Å². The Kier molecular flexibility index (Phi) is 6.93. The van der Waals surface area contributed by atoms with Gasteiger partial charge in [-0.05, 0) is 60.7 Å². The van der Waals surface area contributed by atoms with Crippen LogP contribution in [0.4, 0.5) is 11.4 Å². The lowest BCUT2D eigenvalue weighted by Crippen LogP contribution is -2.16. The van der Waals surface area contributed by atoms with E-state index in [9.17, 15) is 18.0 Å². The zero-order valence-corrected chi connectivity index (χ0v) is 18.9. The van der Waals surface area contributed by atoms with Crippen molar-refractivity contribution >= 4 is 56.4 Å². The first-order chi connectivity index (χ1) is 15.1. The van der Waals surface area contributed by atoms with Gasteiger partial charge in [0.2, 0.25) is 5.91 Å². The van der Waals surface area contributed by atoms with E-state index in [4.69, 9.17) is 33.7 Å². The second kappa shape index (κ2) is 9.47. The van der Waals surface area contributed by atoms with Crippen LogP contribution in [0.2, 0.25) is 10.0 Å². The van der Waals surface area contributed by atoms with E-state index < -0.39 is 21.8 Å². The molecule has 0 saturated carbocycles. The number of sulfonamides is 1. The van der Waals surface area contributed by atoms with Crippen LogP contribution in [-0.2, 0) is 10.0 Å². The maximum Gasteiger partial charge on any atom is 0.263 e. The number of nitrogens with one attached hydrogen (secondary N) is 2. The van der Waals surface area contributed by atoms with Crippen molar-refractivity contribution in [3.8, 4) is 5.75 Å². The van der Waals surface area contributed by atoms with E-state index >= 15 is 0 Å². The van der Waals surface area contributed by atoms with Gasteiger partial charge in [0.15, 0.2) is 0 Å². The number of nitrogens with two attached hydrogens (primary N) is 1. The minimum atomic E-state index is -4.00. The molecular weight excluding hydrogens is 477 g/mol. The van der Waals surface area contributed by atoms with Crippen LogP contribution in [0.25, 0.3) is 0 Å². The van der Waals surface area contributed by atoms with Gasteiger partial charge in [0.25, 0.3) is 15.9 Å². The highest BCUT2D eigenvalue weighted by Crippen LogP contribution is 2.28. The predicted octanol–water partition coefficient (Wildman–Crippen LogP) is 4.15. The average molecular weight is 494 g/mol. The first-order valence-corrected chi connectivity index (χ1v) is 11.2. The fourth-order valence-electron chi connectivity index (χ4n) is 2.74. The molecule has 0 aliphatic heterocycles. The normalized spacial score (nSPS) is 11.0. The summed E-state index contributed by atoms with van der Waals surface area (Å²) in [6.45, 7) is 0. The van der Waals surface area contributed by atoms with Gasteiger partial charge in [-0.15, -0.1) is 0 Å². The van der Waals surface area contributed by atoms with Crippen LogP contribution in [0.5, 0.6) is 5.75 Å². The molecule has 0 saturated heterocycles. The van der Waals surface area contributed by atoms with Crippen molar-refractivity contribution in [2.24, 2.45) is 5.73 Å². The van der Waals surface area contributed by atoms with Crippen molar-refractivity contribution in [2.75, 3.05) is 17.1 Å². The first kappa shape index (κ1) is 23.4. The Hall–Kier alpha value is -3.27. The summed E-state index contributed by atoms with van der Waals surface area (Å²) in [6, 6.07) is 14.2. The summed E-state index contributed by atoms with van der Waals surface area (Å²) in [7, 11) is -2.58. The highest BCUT2D eigenvalue weighted by molar-refractivity contribution is 7.92. The molecule has 0 fully saturated rings. The van der Waals surface area contributed by atoms with Gasteiger partial charge in [0.05, 0.1) is 17.8 Å². The number of methoxy groups -OCH3 is 1. The third-order valence-electron chi connectivity index (χ3n) is 4.31. The van der Waals surface area contributed by atoms with Crippen molar-refractivity contribution < 1.29 is 22.7 Å². The van der Waals surface area contributed by atoms with Crippen LogP contribution in [-0.4, -0.2) is 27.3 Å². The molecule has 0 aliphatic rings. The van der Waals surface area contributed by atoms with Crippen LogP contribution < -0.4 is 20.5 Å². The molecule has 3 rings (SSSR count). The van der Waals surface area contributed by atoms with Gasteiger partial charge < -0.3 is 15.8 Å². The molecule has 0 radical (unpaired) electrons. The molecule has 0 heterocycles. The van der Waals surface area contributed by atoms with Gasteiger partial charge in [-0.2, -0.15) is 0 Å². The number of primary amides is 1. The minimum Gasteiger partial charge on any atom is -0.495 e. The summed E-state index contributed by atoms with van der Waals surface area (Å²) in [5, 5.41) is 2.88. The summed E-state index contributed by atoms with van der Waals surface area (Å²) < 4.78 is 32.8. The number of anilines is 2. The molecule has 0 aromatic heterocycles. The van der Waals surface area contributed by atoms with Crippen molar-refractivity contribution in [1.82, 2.24) is 0 Å². The molecule has 3 aromatic rings. The minimum absolute atomic E-state index is 0.0186. The molecule has 0 atom stereocenters. The fourth-order valence-corrected chi connectivity index (χ4v) is 4.56. The second-order valence-electron chi connectivity index (χ2n) is 6.49. The van der Waals surface area contributed by atoms with E-state index in [0.717, 1.165) is 0 Å². The number of carbonyl (C=O) groups excluding carboxylic acids is 2. The molecule has 2 amide bonds. The lowest BCUT2D eigenvalue weighted by molar-refractivity contribution is 0.0996. The third-order valence-corrected chi connectivity index (χ3v) is 6.41. The molecule has 3 aromatic carbocycles. The largest absolute Gasteiger partial charge is 0.495 e. The zero-order chi connectivity index (χ0) is 23.5. The summed E-state index contributed by atoms with van der Waals surface area (Å²) in [5.74, 6) is -0.817. The van der Waals surface area contributed by atoms with Crippen LogP contribution in [0.1, 0.15) is 20.7 Å². The van der Waals surface area contributed by atoms with E-state index in [1.54, 1.807) is 0 Å². The number of benzene rings is 3. The Morgan fingerprint density at radius 3 is 2.22 bits per heavy atom. The second-order valence-corrected chi connectivity index (χ2v) is 8.99. The monoisotopic (exact) mass is 493 g/mol. The number of amides is 2. The maximum absolute atomic E-state index is 12.6. The van der Waals surface area contributed by atoms with Gasteiger partial charge in [0.1, 0.15) is 10.6 Å². The summed E-state index contributed by atoms with van der Waals surface area (Å²) in [5.41, 5.74) is 6.19. The van der Waals surface area contributed by atoms with Crippen molar-refractivity contribution in [1.29, 1.82) is 0 Å². The van der Waals surface area contributed by atoms with Crippen molar-refractivity contribution in [2.45, 2.75) is 4.90 Å². The van der Waals surface area contributed by atoms with E-state index in [0.29, 0.717) is 5.75 Å². The Morgan fingerprint density at radius 1 is 0.938 bits per heavy atom. The molecule has 0 unspecified atom stereocenters. The van der Waals surface area contributed by atoms with Gasteiger partial charge in [-0.1, -0.05) is 23.2 Å². The molecule has 11 heteroatoms. The van der Waals surface area contributed by atoms with E-state index in [-0.39, 0.29) is 37.4 Å². The maximum atomic E-state index is 12.6. The van der Waals surface area contributed by atoms with E-state index in [2.05, 4.69) is 10.0 Å². The molecular formula is C21H17Cl2N3O5S. The Balaban J connectivity index is 1.79. The molecule has 0 spiro atoms. The van der Waals surface area contributed by atoms with E-state index in [1.807, 2.05) is 0 Å². The number of hydrogen-bond acceptors (Lipinski definition) is 5. The highest BCUT2D eigenvalue weighted by Gasteiger charge is 2.19. The third kappa shape index (κ3) is 5.31. The standard InChI is InChI=1S/C21H17Cl2N3O5S/c1-31-18-9-4-13(20(24)27)10-17(18)25-21(28)12-2-6-15(7-3-12)26-32(29,30)19-11-14(22)5-8-16(19)23/h2-11,26H,1H3,(H2,24,27)(H,25,28). The SMILES string of the molecule is COc1ccc(C(N)=O)cc1NC(=O)c1ccc(NS(=O)(=O)c2cc(Cl)ccc2Cl)cc1. The van der Waals surface area contributed by atoms with Gasteiger partial charge in [-0.25, -0.2) is 8.42 Å². The Morgan fingerprint density at radius 2 is 1.59 bits per heavy atom. The topological polar surface area (TPSA) is 128 Å². The Bertz CT molecular complexity index is 1300. The predicted molar refractivity (Wildman–Crippen MR) is 123 cm³/mol. The summed E-state index contributed by atoms with van der Waals surface area (Å²) >= 11 is 11.8. The Labute approximate surface area is 194 Å². The number of ether oxygens (including phenoxy) is 1. The highest BCUT2D eigenvalue weighted by atomic mass is 35.5. The van der Waals surface area contributed by atoms with Crippen LogP contribution in [0.15, 0.2) is 65.6 Å². The van der Waals surface area contributed by atoms with Crippen molar-refractivity contribution in [3.63, 3.8) is 0 Å². The number of rotatable bonds is 7. The van der Waals surface area contributed by atoms with Gasteiger partial charge >= 0.3 is 0 Å². The number of hydrogen-bond donors (Lipinski definition) is 3. The summed E-state index contributed by atoms with van der Waals surface area (Å²) in [4.78, 5) is 23.8. The van der Waals surface area contributed by atoms with Crippen LogP contribution >= 0.6 is 23.2 Å². The van der Waals surface area contributed by atoms with Gasteiger partial charge in [-0.3, -0.25) is 14.3 Å². The van der Waals surface area contributed by atoms with Crippen molar-refractivity contribution in [3.05, 3.63) is 81.8 Å². The molecule has 166 valence electrons. The lowest BCUT2D eigenvalue weighted by Gasteiger charge is -2.12.